The van der Waals surface area contributed by atoms with Crippen molar-refractivity contribution in [2.45, 2.75) is 31.5 Å². The van der Waals surface area contributed by atoms with Crippen molar-refractivity contribution in [2.75, 3.05) is 11.9 Å². The Hall–Kier alpha value is -1.50. The Morgan fingerprint density at radius 2 is 2.15 bits per heavy atom. The first kappa shape index (κ1) is 13.5. The van der Waals surface area contributed by atoms with Crippen molar-refractivity contribution in [3.05, 3.63) is 18.2 Å². The van der Waals surface area contributed by atoms with E-state index in [1.54, 1.807) is 18.2 Å². The first-order valence-corrected chi connectivity index (χ1v) is 7.13. The molecule has 1 aliphatic rings. The molecule has 20 heavy (non-hydrogen) atoms. The van der Waals surface area contributed by atoms with E-state index in [9.17, 15) is 13.2 Å². The van der Waals surface area contributed by atoms with Gasteiger partial charge in [-0.1, -0.05) is 11.3 Å². The lowest BCUT2D eigenvalue weighted by Gasteiger charge is -2.19. The second-order valence-corrected chi connectivity index (χ2v) is 5.82. The standard InChI is InChI=1S/C13H13F3N2OS/c1-2-19-8-3-4-9-10(7-8)20-11(17-9)18-12(5-6-12)13(14,15)16/h3-4,7H,2,5-6H2,1H3,(H,17,18). The molecule has 0 aliphatic heterocycles. The van der Waals surface area contributed by atoms with Crippen molar-refractivity contribution in [1.82, 2.24) is 4.98 Å². The van der Waals surface area contributed by atoms with Crippen LogP contribution in [0.15, 0.2) is 18.2 Å². The lowest BCUT2D eigenvalue weighted by molar-refractivity contribution is -0.151. The predicted molar refractivity (Wildman–Crippen MR) is 72.4 cm³/mol. The molecule has 1 fully saturated rings. The molecule has 0 spiro atoms. The summed E-state index contributed by atoms with van der Waals surface area (Å²) in [5.41, 5.74) is -1.09. The number of aromatic nitrogens is 1. The minimum Gasteiger partial charge on any atom is -0.494 e. The molecule has 0 radical (unpaired) electrons. The summed E-state index contributed by atoms with van der Waals surface area (Å²) >= 11 is 1.22. The van der Waals surface area contributed by atoms with Gasteiger partial charge in [0.15, 0.2) is 5.13 Å². The molecule has 1 aliphatic carbocycles. The lowest BCUT2D eigenvalue weighted by Crippen LogP contribution is -2.38. The summed E-state index contributed by atoms with van der Waals surface area (Å²) in [4.78, 5) is 4.20. The third-order valence-corrected chi connectivity index (χ3v) is 4.24. The number of fused-ring (bicyclic) bond motifs is 1. The average molecular weight is 302 g/mol. The normalized spacial score (nSPS) is 17.2. The Bertz CT molecular complexity index is 634. The van der Waals surface area contributed by atoms with Crippen molar-refractivity contribution in [3.8, 4) is 5.75 Å². The number of halogens is 3. The molecule has 0 amide bonds. The zero-order valence-electron chi connectivity index (χ0n) is 10.8. The van der Waals surface area contributed by atoms with Gasteiger partial charge in [0.1, 0.15) is 11.3 Å². The third kappa shape index (κ3) is 2.30. The van der Waals surface area contributed by atoms with Gasteiger partial charge in [-0.3, -0.25) is 0 Å². The largest absolute Gasteiger partial charge is 0.494 e. The van der Waals surface area contributed by atoms with Crippen LogP contribution >= 0.6 is 11.3 Å². The number of benzene rings is 1. The highest BCUT2D eigenvalue weighted by Gasteiger charge is 2.63. The van der Waals surface area contributed by atoms with E-state index in [-0.39, 0.29) is 12.8 Å². The molecule has 1 aromatic heterocycles. The summed E-state index contributed by atoms with van der Waals surface area (Å²) in [5, 5.41) is 2.86. The summed E-state index contributed by atoms with van der Waals surface area (Å²) in [6, 6.07) is 5.33. The smallest absolute Gasteiger partial charge is 0.411 e. The molecule has 0 unspecified atom stereocenters. The van der Waals surface area contributed by atoms with Crippen molar-refractivity contribution in [3.63, 3.8) is 0 Å². The van der Waals surface area contributed by atoms with Gasteiger partial charge in [0.2, 0.25) is 0 Å². The molecule has 108 valence electrons. The molecule has 0 bridgehead atoms. The van der Waals surface area contributed by atoms with Crippen LogP contribution in [0.5, 0.6) is 5.75 Å². The predicted octanol–water partition coefficient (Wildman–Crippen LogP) is 4.20. The van der Waals surface area contributed by atoms with E-state index >= 15 is 0 Å². The van der Waals surface area contributed by atoms with E-state index in [1.165, 1.54) is 11.3 Å². The maximum Gasteiger partial charge on any atom is 0.411 e. The first-order valence-electron chi connectivity index (χ1n) is 6.32. The number of alkyl halides is 3. The van der Waals surface area contributed by atoms with Crippen LogP contribution in [0.1, 0.15) is 19.8 Å². The van der Waals surface area contributed by atoms with E-state index in [1.807, 2.05) is 6.92 Å². The van der Waals surface area contributed by atoms with Crippen LogP contribution in [0.2, 0.25) is 0 Å². The van der Waals surface area contributed by atoms with Gasteiger partial charge >= 0.3 is 6.18 Å². The van der Waals surface area contributed by atoms with Gasteiger partial charge in [-0.15, -0.1) is 0 Å². The number of nitrogens with one attached hydrogen (secondary N) is 1. The van der Waals surface area contributed by atoms with Crippen LogP contribution in [-0.4, -0.2) is 23.3 Å². The van der Waals surface area contributed by atoms with Crippen LogP contribution < -0.4 is 10.1 Å². The minimum atomic E-state index is -4.23. The minimum absolute atomic E-state index is 0.108. The van der Waals surface area contributed by atoms with E-state index in [0.29, 0.717) is 23.0 Å². The molecular weight excluding hydrogens is 289 g/mol. The lowest BCUT2D eigenvalue weighted by atomic mass is 10.3. The number of thiazole rings is 1. The SMILES string of the molecule is CCOc1ccc2nc(NC3(C(F)(F)F)CC3)sc2c1. The van der Waals surface area contributed by atoms with Gasteiger partial charge in [-0.25, -0.2) is 4.98 Å². The van der Waals surface area contributed by atoms with Crippen LogP contribution in [-0.2, 0) is 0 Å². The van der Waals surface area contributed by atoms with Crippen molar-refractivity contribution >= 4 is 26.7 Å². The number of anilines is 1. The van der Waals surface area contributed by atoms with Gasteiger partial charge in [0.05, 0.1) is 16.8 Å². The van der Waals surface area contributed by atoms with Gasteiger partial charge < -0.3 is 10.1 Å². The molecule has 3 nitrogen and oxygen atoms in total. The van der Waals surface area contributed by atoms with E-state index < -0.39 is 11.7 Å². The van der Waals surface area contributed by atoms with Crippen molar-refractivity contribution in [2.24, 2.45) is 0 Å². The van der Waals surface area contributed by atoms with Crippen LogP contribution in [0, 0.1) is 0 Å². The van der Waals surface area contributed by atoms with Gasteiger partial charge in [-0.05, 0) is 38.0 Å². The summed E-state index contributed by atoms with van der Waals surface area (Å²) in [6.07, 6.45) is -4.02. The fourth-order valence-electron chi connectivity index (χ4n) is 2.02. The van der Waals surface area contributed by atoms with E-state index in [4.69, 9.17) is 4.74 Å². The molecular formula is C13H13F3N2OS. The van der Waals surface area contributed by atoms with Crippen LogP contribution in [0.25, 0.3) is 10.2 Å². The van der Waals surface area contributed by atoms with Crippen molar-refractivity contribution in [1.29, 1.82) is 0 Å². The fourth-order valence-corrected chi connectivity index (χ4v) is 3.02. The molecule has 2 aromatic rings. The first-order chi connectivity index (χ1) is 9.43. The number of ether oxygens (including phenoxy) is 1. The number of hydrogen-bond donors (Lipinski definition) is 1. The topological polar surface area (TPSA) is 34.1 Å². The summed E-state index contributed by atoms with van der Waals surface area (Å²) in [5.74, 6) is 0.701. The van der Waals surface area contributed by atoms with E-state index in [0.717, 1.165) is 4.70 Å². The molecule has 1 heterocycles. The van der Waals surface area contributed by atoms with Crippen LogP contribution in [0.4, 0.5) is 18.3 Å². The fraction of sp³-hybridized carbons (Fsp3) is 0.462. The van der Waals surface area contributed by atoms with E-state index in [2.05, 4.69) is 10.3 Å². The molecule has 1 N–H and O–H groups in total. The average Bonchev–Trinajstić information content (AvgIpc) is 3.03. The number of hydrogen-bond acceptors (Lipinski definition) is 4. The maximum absolute atomic E-state index is 12.9. The Morgan fingerprint density at radius 1 is 1.40 bits per heavy atom. The molecule has 0 atom stereocenters. The summed E-state index contributed by atoms with van der Waals surface area (Å²) in [6.45, 7) is 2.43. The maximum atomic E-state index is 12.9. The Kier molecular flexibility index (Phi) is 3.04. The molecule has 3 rings (SSSR count). The van der Waals surface area contributed by atoms with Crippen LogP contribution in [0.3, 0.4) is 0 Å². The van der Waals surface area contributed by atoms with Gasteiger partial charge in [0, 0.05) is 0 Å². The van der Waals surface area contributed by atoms with Crippen molar-refractivity contribution < 1.29 is 17.9 Å². The molecule has 1 aromatic carbocycles. The zero-order chi connectivity index (χ0) is 14.4. The summed E-state index contributed by atoms with van der Waals surface area (Å²) < 4.78 is 44.9. The Morgan fingerprint density at radius 3 is 2.75 bits per heavy atom. The second-order valence-electron chi connectivity index (χ2n) is 4.79. The highest BCUT2D eigenvalue weighted by Crippen LogP contribution is 2.51. The zero-order valence-corrected chi connectivity index (χ0v) is 11.6. The highest BCUT2D eigenvalue weighted by atomic mass is 32.1. The number of rotatable bonds is 4. The molecule has 0 saturated heterocycles. The quantitative estimate of drug-likeness (QED) is 0.919. The van der Waals surface area contributed by atoms with Gasteiger partial charge in [0.25, 0.3) is 0 Å². The molecule has 7 heteroatoms. The third-order valence-electron chi connectivity index (χ3n) is 3.31. The Balaban J connectivity index is 1.86. The highest BCUT2D eigenvalue weighted by molar-refractivity contribution is 7.22. The molecule has 1 saturated carbocycles. The number of nitrogens with zero attached hydrogens (tertiary/aromatic N) is 1. The summed E-state index contributed by atoms with van der Waals surface area (Å²) in [7, 11) is 0. The Labute approximate surface area is 117 Å². The monoisotopic (exact) mass is 302 g/mol. The second kappa shape index (κ2) is 4.51. The van der Waals surface area contributed by atoms with Gasteiger partial charge in [-0.2, -0.15) is 13.2 Å².